The van der Waals surface area contributed by atoms with Crippen LogP contribution in [-0.2, 0) is 18.3 Å². The van der Waals surface area contributed by atoms with E-state index in [9.17, 15) is 9.90 Å². The van der Waals surface area contributed by atoms with E-state index in [1.165, 1.54) is 0 Å². The largest absolute Gasteiger partial charge is 0.508 e. The number of aryl methyl sites for hydroxylation is 1. The minimum absolute atomic E-state index is 0.109. The van der Waals surface area contributed by atoms with Crippen molar-refractivity contribution in [3.63, 3.8) is 0 Å². The van der Waals surface area contributed by atoms with E-state index in [-0.39, 0.29) is 24.1 Å². The number of phenols is 1. The highest BCUT2D eigenvalue weighted by molar-refractivity contribution is 5.79. The number of rotatable bonds is 4. The number of nitrogens with one attached hydrogen (secondary N) is 1. The summed E-state index contributed by atoms with van der Waals surface area (Å²) in [6.45, 7) is 3.89. The van der Waals surface area contributed by atoms with Crippen LogP contribution in [0.2, 0.25) is 0 Å². The molecule has 2 aromatic rings. The lowest BCUT2D eigenvalue weighted by molar-refractivity contribution is -0.121. The van der Waals surface area contributed by atoms with Gasteiger partial charge in [-0.15, -0.1) is 0 Å². The molecule has 0 fully saturated rings. The van der Waals surface area contributed by atoms with Crippen molar-refractivity contribution in [3.8, 4) is 5.75 Å². The molecule has 5 heteroatoms. The van der Waals surface area contributed by atoms with Gasteiger partial charge in [-0.3, -0.25) is 9.48 Å². The van der Waals surface area contributed by atoms with Crippen LogP contribution in [0.3, 0.4) is 0 Å². The summed E-state index contributed by atoms with van der Waals surface area (Å²) >= 11 is 0. The van der Waals surface area contributed by atoms with Crippen molar-refractivity contribution in [2.75, 3.05) is 0 Å². The zero-order chi connectivity index (χ0) is 14.7. The summed E-state index contributed by atoms with van der Waals surface area (Å²) in [6.07, 6.45) is 1.93. The molecule has 2 N–H and O–H groups in total. The Morgan fingerprint density at radius 2 is 2.15 bits per heavy atom. The zero-order valence-electron chi connectivity index (χ0n) is 11.9. The summed E-state index contributed by atoms with van der Waals surface area (Å²) < 4.78 is 1.78. The SMILES string of the molecule is Cc1c([C@@H](C)NC(=O)Cc2ccccc2O)cnn1C. The Labute approximate surface area is 118 Å². The van der Waals surface area contributed by atoms with Gasteiger partial charge in [0.2, 0.25) is 5.91 Å². The van der Waals surface area contributed by atoms with Crippen molar-refractivity contribution in [1.29, 1.82) is 0 Å². The molecule has 5 nitrogen and oxygen atoms in total. The van der Waals surface area contributed by atoms with Gasteiger partial charge in [-0.2, -0.15) is 5.10 Å². The molecule has 20 heavy (non-hydrogen) atoms. The van der Waals surface area contributed by atoms with E-state index in [4.69, 9.17) is 0 Å². The van der Waals surface area contributed by atoms with Gasteiger partial charge in [-0.1, -0.05) is 18.2 Å². The van der Waals surface area contributed by atoms with E-state index in [0.717, 1.165) is 11.3 Å². The van der Waals surface area contributed by atoms with Crippen LogP contribution in [0.4, 0.5) is 0 Å². The van der Waals surface area contributed by atoms with Gasteiger partial charge in [-0.25, -0.2) is 0 Å². The Bertz CT molecular complexity index is 619. The summed E-state index contributed by atoms with van der Waals surface area (Å²) in [5, 5.41) is 16.8. The summed E-state index contributed by atoms with van der Waals surface area (Å²) in [5.41, 5.74) is 2.65. The van der Waals surface area contributed by atoms with Crippen molar-refractivity contribution in [2.45, 2.75) is 26.3 Å². The second-order valence-corrected chi connectivity index (χ2v) is 4.90. The van der Waals surface area contributed by atoms with Gasteiger partial charge in [0.05, 0.1) is 18.7 Å². The van der Waals surface area contributed by atoms with Crippen LogP contribution in [0.5, 0.6) is 5.75 Å². The molecule has 1 aromatic carbocycles. The minimum Gasteiger partial charge on any atom is -0.508 e. The molecular weight excluding hydrogens is 254 g/mol. The third-order valence-electron chi connectivity index (χ3n) is 3.46. The third-order valence-corrected chi connectivity index (χ3v) is 3.46. The summed E-state index contributed by atoms with van der Waals surface area (Å²) in [5.74, 6) is 0.0233. The minimum atomic E-state index is -0.123. The number of benzene rings is 1. The van der Waals surface area contributed by atoms with Crippen molar-refractivity contribution in [3.05, 3.63) is 47.3 Å². The van der Waals surface area contributed by atoms with E-state index in [2.05, 4.69) is 10.4 Å². The number of aromatic nitrogens is 2. The number of nitrogens with zero attached hydrogens (tertiary/aromatic N) is 2. The first-order valence-corrected chi connectivity index (χ1v) is 6.53. The summed E-state index contributed by atoms with van der Waals surface area (Å²) in [4.78, 5) is 12.0. The van der Waals surface area contributed by atoms with Gasteiger partial charge in [-0.05, 0) is 19.9 Å². The maximum Gasteiger partial charge on any atom is 0.225 e. The molecule has 1 atom stereocenters. The molecule has 1 heterocycles. The van der Waals surface area contributed by atoms with Gasteiger partial charge in [0.15, 0.2) is 0 Å². The fraction of sp³-hybridized carbons (Fsp3) is 0.333. The van der Waals surface area contributed by atoms with E-state index < -0.39 is 0 Å². The van der Waals surface area contributed by atoms with E-state index in [1.807, 2.05) is 20.9 Å². The van der Waals surface area contributed by atoms with E-state index in [0.29, 0.717) is 5.56 Å². The number of para-hydroxylation sites is 1. The van der Waals surface area contributed by atoms with Crippen molar-refractivity contribution >= 4 is 5.91 Å². The molecule has 1 aromatic heterocycles. The number of carbonyl (C=O) groups excluding carboxylic acids is 1. The fourth-order valence-electron chi connectivity index (χ4n) is 2.14. The molecule has 0 radical (unpaired) electrons. The Morgan fingerprint density at radius 1 is 1.45 bits per heavy atom. The van der Waals surface area contributed by atoms with Crippen molar-refractivity contribution in [2.24, 2.45) is 7.05 Å². The smallest absolute Gasteiger partial charge is 0.225 e. The molecule has 0 unspecified atom stereocenters. The quantitative estimate of drug-likeness (QED) is 0.893. The zero-order valence-corrected chi connectivity index (χ0v) is 11.9. The molecule has 0 spiro atoms. The third kappa shape index (κ3) is 2.99. The average molecular weight is 273 g/mol. The predicted octanol–water partition coefficient (Wildman–Crippen LogP) is 1.85. The summed E-state index contributed by atoms with van der Waals surface area (Å²) in [6, 6.07) is 6.75. The number of hydrogen-bond donors (Lipinski definition) is 2. The van der Waals surface area contributed by atoms with Crippen LogP contribution in [-0.4, -0.2) is 20.8 Å². The molecule has 106 valence electrons. The number of aromatic hydroxyl groups is 1. The number of hydrogen-bond acceptors (Lipinski definition) is 3. The highest BCUT2D eigenvalue weighted by atomic mass is 16.3. The molecule has 0 aliphatic rings. The maximum absolute atomic E-state index is 12.0. The fourth-order valence-corrected chi connectivity index (χ4v) is 2.14. The normalized spacial score (nSPS) is 12.2. The van der Waals surface area contributed by atoms with Crippen LogP contribution in [0.15, 0.2) is 30.5 Å². The highest BCUT2D eigenvalue weighted by Gasteiger charge is 2.15. The van der Waals surface area contributed by atoms with Gasteiger partial charge in [0, 0.05) is 23.9 Å². The Kier molecular flexibility index (Phi) is 4.08. The van der Waals surface area contributed by atoms with E-state index >= 15 is 0 Å². The number of amides is 1. The molecule has 1 amide bonds. The lowest BCUT2D eigenvalue weighted by Gasteiger charge is -2.14. The standard InChI is InChI=1S/C15H19N3O2/c1-10(13-9-16-18(3)11(13)2)17-15(20)8-12-6-4-5-7-14(12)19/h4-7,9-10,19H,8H2,1-3H3,(H,17,20)/t10-/m1/s1. The summed E-state index contributed by atoms with van der Waals surface area (Å²) in [7, 11) is 1.87. The Balaban J connectivity index is 2.02. The molecule has 0 bridgehead atoms. The lowest BCUT2D eigenvalue weighted by Crippen LogP contribution is -2.28. The average Bonchev–Trinajstić information content (AvgIpc) is 2.73. The number of carbonyl (C=O) groups is 1. The molecule has 0 aliphatic heterocycles. The predicted molar refractivity (Wildman–Crippen MR) is 76.3 cm³/mol. The highest BCUT2D eigenvalue weighted by Crippen LogP contribution is 2.18. The first kappa shape index (κ1) is 14.1. The van der Waals surface area contributed by atoms with Gasteiger partial charge >= 0.3 is 0 Å². The van der Waals surface area contributed by atoms with E-state index in [1.54, 1.807) is 35.1 Å². The second kappa shape index (κ2) is 5.77. The van der Waals surface area contributed by atoms with Crippen LogP contribution in [0.1, 0.15) is 29.8 Å². The van der Waals surface area contributed by atoms with Gasteiger partial charge in [0.25, 0.3) is 0 Å². The first-order valence-electron chi connectivity index (χ1n) is 6.53. The monoisotopic (exact) mass is 273 g/mol. The molecular formula is C15H19N3O2. The van der Waals surface area contributed by atoms with Crippen molar-refractivity contribution < 1.29 is 9.90 Å². The topological polar surface area (TPSA) is 67.2 Å². The molecule has 0 saturated heterocycles. The van der Waals surface area contributed by atoms with Crippen LogP contribution < -0.4 is 5.32 Å². The van der Waals surface area contributed by atoms with Gasteiger partial charge in [0.1, 0.15) is 5.75 Å². The Hall–Kier alpha value is -2.30. The molecule has 0 saturated carbocycles. The number of phenolic OH excluding ortho intramolecular Hbond substituents is 1. The molecule has 0 aliphatic carbocycles. The van der Waals surface area contributed by atoms with Gasteiger partial charge < -0.3 is 10.4 Å². The maximum atomic E-state index is 12.0. The molecule has 2 rings (SSSR count). The lowest BCUT2D eigenvalue weighted by atomic mass is 10.1. The first-order chi connectivity index (χ1) is 9.49. The second-order valence-electron chi connectivity index (χ2n) is 4.90. The van der Waals surface area contributed by atoms with Crippen molar-refractivity contribution in [1.82, 2.24) is 15.1 Å². The van der Waals surface area contributed by atoms with Crippen LogP contribution in [0, 0.1) is 6.92 Å². The van der Waals surface area contributed by atoms with Crippen LogP contribution in [0.25, 0.3) is 0 Å². The Morgan fingerprint density at radius 3 is 2.75 bits per heavy atom. The van der Waals surface area contributed by atoms with Crippen LogP contribution >= 0.6 is 0 Å².